The maximum Gasteiger partial charge on any atom is 0.416 e. The van der Waals surface area contributed by atoms with Gasteiger partial charge >= 0.3 is 12.3 Å². The molecule has 164 valence electrons. The van der Waals surface area contributed by atoms with Crippen LogP contribution in [0.2, 0.25) is 0 Å². The Hall–Kier alpha value is -2.34. The number of alkyl halides is 3. The van der Waals surface area contributed by atoms with Gasteiger partial charge in [-0.2, -0.15) is 13.2 Å². The topological polar surface area (TPSA) is 96.6 Å². The highest BCUT2D eigenvalue weighted by Crippen LogP contribution is 2.36. The van der Waals surface area contributed by atoms with Crippen molar-refractivity contribution in [2.24, 2.45) is 5.84 Å². The Bertz CT molecular complexity index is 956. The van der Waals surface area contributed by atoms with E-state index in [0.717, 1.165) is 12.1 Å². The van der Waals surface area contributed by atoms with Gasteiger partial charge in [-0.3, -0.25) is 0 Å². The van der Waals surface area contributed by atoms with Crippen LogP contribution in [0.1, 0.15) is 26.3 Å². The average molecular weight is 491 g/mol. The lowest BCUT2D eigenvalue weighted by Gasteiger charge is -2.36. The summed E-state index contributed by atoms with van der Waals surface area (Å²) in [7, 11) is 0. The molecular formula is C18H22BrF3N6O2. The summed E-state index contributed by atoms with van der Waals surface area (Å²) in [6, 6.07) is 1.90. The Balaban J connectivity index is 1.86. The van der Waals surface area contributed by atoms with E-state index in [1.807, 2.05) is 4.90 Å². The number of carbonyl (C=O) groups is 1. The predicted octanol–water partition coefficient (Wildman–Crippen LogP) is 3.75. The molecule has 1 aliphatic rings. The Morgan fingerprint density at radius 3 is 2.33 bits per heavy atom. The Morgan fingerprint density at radius 2 is 1.80 bits per heavy atom. The van der Waals surface area contributed by atoms with Crippen LogP contribution in [0.15, 0.2) is 16.6 Å². The number of hydrazine groups is 1. The Labute approximate surface area is 179 Å². The lowest BCUT2D eigenvalue weighted by molar-refractivity contribution is -0.137. The normalized spacial score (nSPS) is 15.5. The van der Waals surface area contributed by atoms with Gasteiger partial charge in [0, 0.05) is 30.7 Å². The van der Waals surface area contributed by atoms with Crippen molar-refractivity contribution in [2.45, 2.75) is 32.5 Å². The van der Waals surface area contributed by atoms with Crippen LogP contribution in [0.25, 0.3) is 11.0 Å². The van der Waals surface area contributed by atoms with E-state index in [0.29, 0.717) is 32.0 Å². The molecule has 0 atom stereocenters. The summed E-state index contributed by atoms with van der Waals surface area (Å²) in [6.45, 7) is 7.06. The third-order valence-electron chi connectivity index (χ3n) is 4.40. The second-order valence-corrected chi connectivity index (χ2v) is 8.67. The van der Waals surface area contributed by atoms with E-state index in [4.69, 9.17) is 10.6 Å². The summed E-state index contributed by atoms with van der Waals surface area (Å²) in [5.41, 5.74) is 1.33. The fraction of sp³-hybridized carbons (Fsp3) is 0.500. The summed E-state index contributed by atoms with van der Waals surface area (Å²) in [5, 5.41) is 0. The van der Waals surface area contributed by atoms with Crippen molar-refractivity contribution in [3.05, 3.63) is 22.2 Å². The summed E-state index contributed by atoms with van der Waals surface area (Å²) in [4.78, 5) is 24.4. The zero-order chi connectivity index (χ0) is 22.3. The number of aromatic nitrogens is 2. The molecule has 1 fully saturated rings. The van der Waals surface area contributed by atoms with Gasteiger partial charge in [-0.05, 0) is 48.8 Å². The first-order chi connectivity index (χ1) is 13.9. The van der Waals surface area contributed by atoms with Gasteiger partial charge in [0.15, 0.2) is 11.6 Å². The van der Waals surface area contributed by atoms with Crippen molar-refractivity contribution in [1.29, 1.82) is 0 Å². The second kappa shape index (κ2) is 8.06. The number of halogens is 4. The number of benzene rings is 1. The van der Waals surface area contributed by atoms with Gasteiger partial charge in [-0.25, -0.2) is 20.6 Å². The van der Waals surface area contributed by atoms with Gasteiger partial charge in [0.2, 0.25) is 0 Å². The van der Waals surface area contributed by atoms with Gasteiger partial charge < -0.3 is 20.0 Å². The monoisotopic (exact) mass is 490 g/mol. The largest absolute Gasteiger partial charge is 0.444 e. The molecule has 3 rings (SSSR count). The molecule has 1 amide bonds. The second-order valence-electron chi connectivity index (χ2n) is 7.82. The Kier molecular flexibility index (Phi) is 6.01. The molecule has 0 aliphatic carbocycles. The van der Waals surface area contributed by atoms with E-state index in [2.05, 4.69) is 31.3 Å². The number of ether oxygens (including phenoxy) is 1. The molecule has 8 nitrogen and oxygen atoms in total. The SMILES string of the molecule is CC(C)(C)OC(=O)N1CCN(c2nc3c(Br)cc(C(F)(F)F)cc3nc2NN)CC1. The third kappa shape index (κ3) is 4.86. The molecule has 1 aromatic heterocycles. The predicted molar refractivity (Wildman–Crippen MR) is 110 cm³/mol. The number of hydrogen-bond donors (Lipinski definition) is 2. The highest BCUT2D eigenvalue weighted by molar-refractivity contribution is 9.10. The Morgan fingerprint density at radius 1 is 1.17 bits per heavy atom. The lowest BCUT2D eigenvalue weighted by atomic mass is 10.2. The number of amides is 1. The number of hydrogen-bond acceptors (Lipinski definition) is 7. The van der Waals surface area contributed by atoms with Gasteiger partial charge in [0.05, 0.1) is 11.1 Å². The van der Waals surface area contributed by atoms with Gasteiger partial charge in [-0.15, -0.1) is 0 Å². The molecule has 0 spiro atoms. The molecule has 2 heterocycles. The smallest absolute Gasteiger partial charge is 0.416 e. The number of rotatable bonds is 2. The standard InChI is InChI=1S/C18H22BrF3N6O2/c1-17(2,3)30-16(29)28-6-4-27(5-7-28)15-14(26-23)24-12-9-10(18(20,21)22)8-11(19)13(12)25-15/h8-9H,4-7,23H2,1-3H3,(H,24,26). The number of nitrogen functional groups attached to an aromatic ring is 1. The number of anilines is 2. The first kappa shape index (κ1) is 22.3. The number of carbonyl (C=O) groups excluding carboxylic acids is 1. The zero-order valence-corrected chi connectivity index (χ0v) is 18.3. The van der Waals surface area contributed by atoms with Gasteiger partial charge in [0.25, 0.3) is 0 Å². The van der Waals surface area contributed by atoms with Crippen LogP contribution in [0.5, 0.6) is 0 Å². The van der Waals surface area contributed by atoms with Crippen LogP contribution in [-0.2, 0) is 10.9 Å². The molecule has 0 saturated carbocycles. The number of nitrogens with two attached hydrogens (primary N) is 1. The summed E-state index contributed by atoms with van der Waals surface area (Å²) < 4.78 is 44.8. The third-order valence-corrected chi connectivity index (χ3v) is 5.00. The van der Waals surface area contributed by atoms with Crippen LogP contribution in [-0.4, -0.2) is 52.7 Å². The van der Waals surface area contributed by atoms with Gasteiger partial charge in [0.1, 0.15) is 11.1 Å². The minimum atomic E-state index is -4.51. The summed E-state index contributed by atoms with van der Waals surface area (Å²) in [6.07, 6.45) is -4.91. The highest BCUT2D eigenvalue weighted by Gasteiger charge is 2.32. The molecule has 30 heavy (non-hydrogen) atoms. The van der Waals surface area contributed by atoms with Crippen molar-refractivity contribution >= 4 is 44.7 Å². The molecule has 1 aliphatic heterocycles. The minimum absolute atomic E-state index is 0.0563. The summed E-state index contributed by atoms with van der Waals surface area (Å²) >= 11 is 3.16. The highest BCUT2D eigenvalue weighted by atomic mass is 79.9. The molecule has 1 saturated heterocycles. The number of fused-ring (bicyclic) bond motifs is 1. The molecular weight excluding hydrogens is 469 g/mol. The van der Waals surface area contributed by atoms with Gasteiger partial charge in [-0.1, -0.05) is 0 Å². The van der Waals surface area contributed by atoms with E-state index < -0.39 is 23.4 Å². The number of piperazine rings is 1. The maximum absolute atomic E-state index is 13.1. The zero-order valence-electron chi connectivity index (χ0n) is 16.7. The van der Waals surface area contributed by atoms with Crippen LogP contribution in [0.4, 0.5) is 29.6 Å². The van der Waals surface area contributed by atoms with Crippen molar-refractivity contribution in [3.8, 4) is 0 Å². The van der Waals surface area contributed by atoms with Crippen LogP contribution in [0.3, 0.4) is 0 Å². The fourth-order valence-electron chi connectivity index (χ4n) is 3.02. The van der Waals surface area contributed by atoms with E-state index >= 15 is 0 Å². The van der Waals surface area contributed by atoms with E-state index in [1.165, 1.54) is 0 Å². The summed E-state index contributed by atoms with van der Waals surface area (Å²) in [5.74, 6) is 6.11. The number of nitrogens with one attached hydrogen (secondary N) is 1. The van der Waals surface area contributed by atoms with E-state index in [-0.39, 0.29) is 21.3 Å². The molecule has 1 aromatic carbocycles. The van der Waals surface area contributed by atoms with E-state index in [9.17, 15) is 18.0 Å². The maximum atomic E-state index is 13.1. The fourth-order valence-corrected chi connectivity index (χ4v) is 3.56. The molecule has 2 aromatic rings. The number of nitrogens with zero attached hydrogens (tertiary/aromatic N) is 4. The first-order valence-electron chi connectivity index (χ1n) is 9.17. The van der Waals surface area contributed by atoms with Crippen molar-refractivity contribution in [2.75, 3.05) is 36.5 Å². The molecule has 0 radical (unpaired) electrons. The van der Waals surface area contributed by atoms with Crippen molar-refractivity contribution in [1.82, 2.24) is 14.9 Å². The van der Waals surface area contributed by atoms with Crippen molar-refractivity contribution < 1.29 is 22.7 Å². The quantitative estimate of drug-likeness (QED) is 0.488. The molecule has 12 heteroatoms. The lowest BCUT2D eigenvalue weighted by Crippen LogP contribution is -2.50. The minimum Gasteiger partial charge on any atom is -0.444 e. The van der Waals surface area contributed by atoms with Crippen LogP contribution in [0, 0.1) is 0 Å². The molecule has 0 unspecified atom stereocenters. The van der Waals surface area contributed by atoms with Crippen molar-refractivity contribution in [3.63, 3.8) is 0 Å². The molecule has 3 N–H and O–H groups in total. The van der Waals surface area contributed by atoms with E-state index in [1.54, 1.807) is 25.7 Å². The molecule has 0 bridgehead atoms. The van der Waals surface area contributed by atoms with Crippen LogP contribution >= 0.6 is 15.9 Å². The van der Waals surface area contributed by atoms with Crippen LogP contribution < -0.4 is 16.2 Å². The average Bonchev–Trinajstić information content (AvgIpc) is 2.65. The first-order valence-corrected chi connectivity index (χ1v) is 9.96.